The first-order chi connectivity index (χ1) is 7.54. The Hall–Kier alpha value is -0.0700. The maximum absolute atomic E-state index is 11.1. The summed E-state index contributed by atoms with van der Waals surface area (Å²) >= 11 is 9.88. The SMILES string of the molecule is COC(=O)C(Br)COc1ccc(Br)cc1Br. The molecule has 0 aliphatic heterocycles. The minimum absolute atomic E-state index is 0.215. The molecule has 0 bridgehead atoms. The molecule has 0 N–H and O–H groups in total. The van der Waals surface area contributed by atoms with Gasteiger partial charge in [-0.3, -0.25) is 4.79 Å². The molecule has 0 amide bonds. The summed E-state index contributed by atoms with van der Waals surface area (Å²) in [6, 6.07) is 5.54. The lowest BCUT2D eigenvalue weighted by atomic mass is 10.3. The van der Waals surface area contributed by atoms with Crippen LogP contribution in [0.5, 0.6) is 5.75 Å². The fourth-order valence-corrected chi connectivity index (χ4v) is 2.43. The van der Waals surface area contributed by atoms with Gasteiger partial charge in [-0.25, -0.2) is 0 Å². The molecular weight excluding hydrogens is 408 g/mol. The zero-order valence-electron chi connectivity index (χ0n) is 8.38. The molecule has 1 aromatic rings. The molecule has 1 unspecified atom stereocenters. The van der Waals surface area contributed by atoms with Gasteiger partial charge in [-0.15, -0.1) is 0 Å². The van der Waals surface area contributed by atoms with Crippen molar-refractivity contribution in [2.45, 2.75) is 4.83 Å². The van der Waals surface area contributed by atoms with E-state index in [1.807, 2.05) is 18.2 Å². The first-order valence-corrected chi connectivity index (χ1v) is 6.84. The van der Waals surface area contributed by atoms with E-state index in [1.54, 1.807) is 0 Å². The van der Waals surface area contributed by atoms with Crippen LogP contribution in [0.2, 0.25) is 0 Å². The third-order valence-corrected chi connectivity index (χ3v) is 3.49. The van der Waals surface area contributed by atoms with Gasteiger partial charge in [-0.1, -0.05) is 31.9 Å². The number of hydrogen-bond acceptors (Lipinski definition) is 3. The molecule has 0 spiro atoms. The average Bonchev–Trinajstić information content (AvgIpc) is 2.26. The van der Waals surface area contributed by atoms with Crippen molar-refractivity contribution in [3.63, 3.8) is 0 Å². The second-order valence-corrected chi connectivity index (χ2v) is 5.75. The van der Waals surface area contributed by atoms with E-state index < -0.39 is 4.83 Å². The van der Waals surface area contributed by atoms with Gasteiger partial charge in [-0.2, -0.15) is 0 Å². The van der Waals surface area contributed by atoms with Crippen LogP contribution in [0, 0.1) is 0 Å². The highest BCUT2D eigenvalue weighted by Crippen LogP contribution is 2.28. The van der Waals surface area contributed by atoms with Crippen molar-refractivity contribution >= 4 is 53.8 Å². The predicted molar refractivity (Wildman–Crippen MR) is 72.1 cm³/mol. The quantitative estimate of drug-likeness (QED) is 0.556. The van der Waals surface area contributed by atoms with Crippen LogP contribution in [0.25, 0.3) is 0 Å². The number of methoxy groups -OCH3 is 1. The number of benzene rings is 1. The van der Waals surface area contributed by atoms with Gasteiger partial charge in [0.1, 0.15) is 17.2 Å². The Morgan fingerprint density at radius 2 is 2.12 bits per heavy atom. The van der Waals surface area contributed by atoms with E-state index in [0.717, 1.165) is 8.95 Å². The molecule has 0 saturated carbocycles. The Balaban J connectivity index is 2.58. The van der Waals surface area contributed by atoms with E-state index in [1.165, 1.54) is 7.11 Å². The topological polar surface area (TPSA) is 35.5 Å². The van der Waals surface area contributed by atoms with Crippen LogP contribution in [-0.2, 0) is 9.53 Å². The summed E-state index contributed by atoms with van der Waals surface area (Å²) in [6.07, 6.45) is 0. The molecule has 0 fully saturated rings. The molecule has 0 heterocycles. The monoisotopic (exact) mass is 414 g/mol. The Labute approximate surface area is 119 Å². The van der Waals surface area contributed by atoms with Crippen molar-refractivity contribution in [3.8, 4) is 5.75 Å². The largest absolute Gasteiger partial charge is 0.491 e. The molecule has 0 radical (unpaired) electrons. The molecule has 6 heteroatoms. The van der Waals surface area contributed by atoms with E-state index in [4.69, 9.17) is 4.74 Å². The molecule has 1 atom stereocenters. The summed E-state index contributed by atoms with van der Waals surface area (Å²) in [5.74, 6) is 0.324. The fourth-order valence-electron chi connectivity index (χ4n) is 0.951. The Kier molecular flexibility index (Phi) is 5.78. The number of ether oxygens (including phenoxy) is 2. The van der Waals surface area contributed by atoms with Crippen molar-refractivity contribution in [2.24, 2.45) is 0 Å². The number of hydrogen-bond donors (Lipinski definition) is 0. The lowest BCUT2D eigenvalue weighted by molar-refractivity contribution is -0.140. The zero-order chi connectivity index (χ0) is 12.1. The number of halogens is 3. The first-order valence-electron chi connectivity index (χ1n) is 4.34. The summed E-state index contributed by atoms with van der Waals surface area (Å²) in [7, 11) is 1.34. The van der Waals surface area contributed by atoms with Gasteiger partial charge in [0.25, 0.3) is 0 Å². The number of rotatable bonds is 4. The lowest BCUT2D eigenvalue weighted by Gasteiger charge is -2.11. The molecule has 0 saturated heterocycles. The molecule has 3 nitrogen and oxygen atoms in total. The van der Waals surface area contributed by atoms with Gasteiger partial charge in [0.05, 0.1) is 11.6 Å². The maximum Gasteiger partial charge on any atom is 0.322 e. The number of carbonyl (C=O) groups excluding carboxylic acids is 1. The predicted octanol–water partition coefficient (Wildman–Crippen LogP) is 3.53. The second kappa shape index (κ2) is 6.61. The summed E-state index contributed by atoms with van der Waals surface area (Å²) in [6.45, 7) is 0.215. The molecule has 16 heavy (non-hydrogen) atoms. The van der Waals surface area contributed by atoms with E-state index in [-0.39, 0.29) is 12.6 Å². The molecular formula is C10H9Br3O3. The smallest absolute Gasteiger partial charge is 0.322 e. The molecule has 88 valence electrons. The maximum atomic E-state index is 11.1. The molecule has 1 rings (SSSR count). The summed E-state index contributed by atoms with van der Waals surface area (Å²) < 4.78 is 11.8. The standard InChI is InChI=1S/C10H9Br3O3/c1-15-10(14)8(13)5-16-9-3-2-6(11)4-7(9)12/h2-4,8H,5H2,1H3. The van der Waals surface area contributed by atoms with Gasteiger partial charge in [0.2, 0.25) is 0 Å². The molecule has 0 aliphatic carbocycles. The molecule has 1 aromatic carbocycles. The first kappa shape index (κ1) is 14.0. The Morgan fingerprint density at radius 1 is 1.44 bits per heavy atom. The lowest BCUT2D eigenvalue weighted by Crippen LogP contribution is -2.23. The Bertz CT molecular complexity index is 382. The van der Waals surface area contributed by atoms with E-state index in [9.17, 15) is 4.79 Å². The van der Waals surface area contributed by atoms with Crippen molar-refractivity contribution < 1.29 is 14.3 Å². The van der Waals surface area contributed by atoms with Crippen molar-refractivity contribution in [1.82, 2.24) is 0 Å². The number of alkyl halides is 1. The van der Waals surface area contributed by atoms with Crippen molar-refractivity contribution in [3.05, 3.63) is 27.1 Å². The van der Waals surface area contributed by atoms with Gasteiger partial charge in [0, 0.05) is 4.47 Å². The van der Waals surface area contributed by atoms with Gasteiger partial charge < -0.3 is 9.47 Å². The van der Waals surface area contributed by atoms with Gasteiger partial charge >= 0.3 is 5.97 Å². The Morgan fingerprint density at radius 3 is 2.69 bits per heavy atom. The van der Waals surface area contributed by atoms with Crippen LogP contribution in [0.3, 0.4) is 0 Å². The number of esters is 1. The van der Waals surface area contributed by atoms with Crippen LogP contribution in [0.1, 0.15) is 0 Å². The van der Waals surface area contributed by atoms with Crippen LogP contribution in [0.15, 0.2) is 27.1 Å². The summed E-state index contributed by atoms with van der Waals surface area (Å²) in [4.78, 5) is 10.6. The van der Waals surface area contributed by atoms with Crippen LogP contribution >= 0.6 is 47.8 Å². The highest BCUT2D eigenvalue weighted by atomic mass is 79.9. The van der Waals surface area contributed by atoms with E-state index >= 15 is 0 Å². The minimum atomic E-state index is -0.465. The fraction of sp³-hybridized carbons (Fsp3) is 0.300. The van der Waals surface area contributed by atoms with E-state index in [0.29, 0.717) is 5.75 Å². The van der Waals surface area contributed by atoms with Crippen molar-refractivity contribution in [1.29, 1.82) is 0 Å². The third-order valence-electron chi connectivity index (χ3n) is 1.74. The van der Waals surface area contributed by atoms with E-state index in [2.05, 4.69) is 52.5 Å². The van der Waals surface area contributed by atoms with Crippen LogP contribution in [0.4, 0.5) is 0 Å². The van der Waals surface area contributed by atoms with Gasteiger partial charge in [-0.05, 0) is 34.1 Å². The highest BCUT2D eigenvalue weighted by Gasteiger charge is 2.16. The van der Waals surface area contributed by atoms with Crippen molar-refractivity contribution in [2.75, 3.05) is 13.7 Å². The normalized spacial score (nSPS) is 12.0. The minimum Gasteiger partial charge on any atom is -0.491 e. The second-order valence-electron chi connectivity index (χ2n) is 2.88. The third kappa shape index (κ3) is 4.07. The summed E-state index contributed by atoms with van der Waals surface area (Å²) in [5.41, 5.74) is 0. The molecule has 0 aromatic heterocycles. The van der Waals surface area contributed by atoms with Crippen LogP contribution in [-0.4, -0.2) is 24.5 Å². The average molecular weight is 417 g/mol. The zero-order valence-corrected chi connectivity index (χ0v) is 13.1. The summed E-state index contributed by atoms with van der Waals surface area (Å²) in [5, 5.41) is 0. The van der Waals surface area contributed by atoms with Crippen LogP contribution < -0.4 is 4.74 Å². The van der Waals surface area contributed by atoms with Gasteiger partial charge in [0.15, 0.2) is 0 Å². The molecule has 0 aliphatic rings. The number of carbonyl (C=O) groups is 1. The highest BCUT2D eigenvalue weighted by molar-refractivity contribution is 9.11.